The predicted molar refractivity (Wildman–Crippen MR) is 59.8 cm³/mol. The fourth-order valence-electron chi connectivity index (χ4n) is 1.15. The molecule has 1 aromatic carbocycles. The summed E-state index contributed by atoms with van der Waals surface area (Å²) < 4.78 is 35.3. The van der Waals surface area contributed by atoms with Crippen LogP contribution in [-0.2, 0) is 9.05 Å². The van der Waals surface area contributed by atoms with Crippen LogP contribution in [0.4, 0.5) is 4.39 Å². The van der Waals surface area contributed by atoms with E-state index in [1.807, 2.05) is 0 Å². The lowest BCUT2D eigenvalue weighted by atomic mass is 10.2. The molecule has 0 aliphatic carbocycles. The van der Waals surface area contributed by atoms with E-state index in [1.54, 1.807) is 0 Å². The molecule has 1 heterocycles. The van der Waals surface area contributed by atoms with Gasteiger partial charge in [-0.2, -0.15) is 10.1 Å². The van der Waals surface area contributed by atoms with Crippen LogP contribution in [0.25, 0.3) is 11.4 Å². The molecular weight excluding hydrogens is 292 g/mol. The summed E-state index contributed by atoms with van der Waals surface area (Å²) in [6.07, 6.45) is 0. The maximum Gasteiger partial charge on any atom is 0.296 e. The molecule has 0 aliphatic rings. The van der Waals surface area contributed by atoms with Crippen molar-refractivity contribution < 1.29 is 12.8 Å². The third-order valence-electron chi connectivity index (χ3n) is 1.87. The lowest BCUT2D eigenvalue weighted by Gasteiger charge is -1.97. The maximum absolute atomic E-state index is 13.5. The van der Waals surface area contributed by atoms with E-state index in [2.05, 4.69) is 15.2 Å². The van der Waals surface area contributed by atoms with Crippen LogP contribution >= 0.6 is 22.3 Å². The molecule has 0 saturated carbocycles. The van der Waals surface area contributed by atoms with E-state index in [9.17, 15) is 12.8 Å². The van der Waals surface area contributed by atoms with Gasteiger partial charge in [-0.1, -0.05) is 11.6 Å². The van der Waals surface area contributed by atoms with Crippen molar-refractivity contribution in [2.75, 3.05) is 0 Å². The normalized spacial score (nSPS) is 11.7. The first-order chi connectivity index (χ1) is 7.88. The van der Waals surface area contributed by atoms with Crippen LogP contribution in [0.15, 0.2) is 23.4 Å². The number of nitrogens with zero attached hydrogens (tertiary/aromatic N) is 2. The maximum atomic E-state index is 13.5. The molecule has 17 heavy (non-hydrogen) atoms. The molecule has 5 nitrogen and oxygen atoms in total. The van der Waals surface area contributed by atoms with Gasteiger partial charge in [-0.05, 0) is 18.2 Å². The number of H-pyrrole nitrogens is 1. The van der Waals surface area contributed by atoms with Gasteiger partial charge in [0.25, 0.3) is 14.2 Å². The Morgan fingerprint density at radius 3 is 2.59 bits per heavy atom. The minimum atomic E-state index is -4.02. The Morgan fingerprint density at radius 1 is 1.35 bits per heavy atom. The summed E-state index contributed by atoms with van der Waals surface area (Å²) in [4.78, 5) is 3.57. The van der Waals surface area contributed by atoms with Crippen LogP contribution < -0.4 is 0 Å². The van der Waals surface area contributed by atoms with Crippen LogP contribution in [0.1, 0.15) is 0 Å². The van der Waals surface area contributed by atoms with Gasteiger partial charge in [-0.15, -0.1) is 0 Å². The average Bonchev–Trinajstić information content (AvgIpc) is 2.65. The molecule has 2 aromatic rings. The van der Waals surface area contributed by atoms with Crippen LogP contribution in [0.5, 0.6) is 0 Å². The Hall–Kier alpha value is -1.18. The number of hydrogen-bond donors (Lipinski definition) is 1. The van der Waals surface area contributed by atoms with Crippen molar-refractivity contribution in [3.8, 4) is 11.4 Å². The highest BCUT2D eigenvalue weighted by Gasteiger charge is 2.18. The van der Waals surface area contributed by atoms with E-state index in [4.69, 9.17) is 22.3 Å². The Morgan fingerprint density at radius 2 is 2.06 bits per heavy atom. The second-order valence-corrected chi connectivity index (χ2v) is 5.94. The van der Waals surface area contributed by atoms with Gasteiger partial charge >= 0.3 is 0 Å². The number of nitrogens with one attached hydrogen (secondary N) is 1. The van der Waals surface area contributed by atoms with Gasteiger partial charge in [0.1, 0.15) is 5.82 Å². The summed E-state index contributed by atoms with van der Waals surface area (Å²) in [6, 6.07) is 3.85. The number of aromatic nitrogens is 3. The molecule has 0 atom stereocenters. The molecule has 0 aliphatic heterocycles. The van der Waals surface area contributed by atoms with Gasteiger partial charge < -0.3 is 0 Å². The van der Waals surface area contributed by atoms with Crippen molar-refractivity contribution in [1.82, 2.24) is 15.2 Å². The Labute approximate surface area is 105 Å². The molecular formula is C8H4Cl2FN3O2S. The second-order valence-electron chi connectivity index (χ2n) is 3.03. The fraction of sp³-hybridized carbons (Fsp3) is 0. The first-order valence-corrected chi connectivity index (χ1v) is 6.89. The molecule has 1 aromatic heterocycles. The zero-order valence-corrected chi connectivity index (χ0v) is 10.3. The summed E-state index contributed by atoms with van der Waals surface area (Å²) in [6.45, 7) is 0. The number of aromatic amines is 1. The number of hydrogen-bond acceptors (Lipinski definition) is 4. The lowest BCUT2D eigenvalue weighted by molar-refractivity contribution is 0.601. The highest BCUT2D eigenvalue weighted by atomic mass is 35.7. The molecule has 0 unspecified atom stereocenters. The molecule has 0 bridgehead atoms. The van der Waals surface area contributed by atoms with E-state index in [0.717, 1.165) is 6.07 Å². The molecule has 0 spiro atoms. The topological polar surface area (TPSA) is 75.7 Å². The standard InChI is InChI=1S/C8H4Cl2FN3O2S/c9-4-1-2-5(6(11)3-4)7-12-8(14-13-7)17(10,15)16/h1-3H,(H,12,13,14). The molecule has 9 heteroatoms. The van der Waals surface area contributed by atoms with Gasteiger partial charge in [0.2, 0.25) is 0 Å². The fourth-order valence-corrected chi connectivity index (χ4v) is 1.86. The zero-order valence-electron chi connectivity index (χ0n) is 7.99. The minimum Gasteiger partial charge on any atom is -0.248 e. The summed E-state index contributed by atoms with van der Waals surface area (Å²) in [7, 11) is 1.03. The monoisotopic (exact) mass is 295 g/mol. The summed E-state index contributed by atoms with van der Waals surface area (Å²) in [5.74, 6) is -0.770. The predicted octanol–water partition coefficient (Wildman–Crippen LogP) is 2.19. The average molecular weight is 296 g/mol. The third kappa shape index (κ3) is 2.56. The van der Waals surface area contributed by atoms with E-state index >= 15 is 0 Å². The molecule has 0 amide bonds. The van der Waals surface area contributed by atoms with Gasteiger partial charge in [0.05, 0.1) is 5.56 Å². The van der Waals surface area contributed by atoms with Crippen molar-refractivity contribution in [3.05, 3.63) is 29.0 Å². The largest absolute Gasteiger partial charge is 0.296 e. The van der Waals surface area contributed by atoms with Crippen LogP contribution in [0.2, 0.25) is 5.02 Å². The summed E-state index contributed by atoms with van der Waals surface area (Å²) >= 11 is 5.58. The Kier molecular flexibility index (Phi) is 3.07. The number of benzene rings is 1. The molecule has 1 N–H and O–H groups in total. The Bertz CT molecular complexity index is 671. The van der Waals surface area contributed by atoms with Crippen molar-refractivity contribution in [3.63, 3.8) is 0 Å². The first-order valence-electron chi connectivity index (χ1n) is 4.20. The van der Waals surface area contributed by atoms with Crippen molar-refractivity contribution in [1.29, 1.82) is 0 Å². The second kappa shape index (κ2) is 4.25. The molecule has 0 saturated heterocycles. The van der Waals surface area contributed by atoms with E-state index < -0.39 is 20.0 Å². The third-order valence-corrected chi connectivity index (χ3v) is 3.19. The van der Waals surface area contributed by atoms with Crippen molar-refractivity contribution in [2.24, 2.45) is 0 Å². The van der Waals surface area contributed by atoms with Crippen LogP contribution in [0.3, 0.4) is 0 Å². The Balaban J connectivity index is 2.51. The quantitative estimate of drug-likeness (QED) is 0.862. The van der Waals surface area contributed by atoms with Crippen LogP contribution in [0, 0.1) is 5.82 Å². The summed E-state index contributed by atoms with van der Waals surface area (Å²) in [5.41, 5.74) is 0.0252. The molecule has 2 rings (SSSR count). The SMILES string of the molecule is O=S(=O)(Cl)c1nc(-c2ccc(Cl)cc2F)n[nH]1. The highest BCUT2D eigenvalue weighted by molar-refractivity contribution is 8.13. The van der Waals surface area contributed by atoms with Gasteiger partial charge in [-0.25, -0.2) is 17.9 Å². The van der Waals surface area contributed by atoms with E-state index in [1.165, 1.54) is 12.1 Å². The van der Waals surface area contributed by atoms with Gasteiger partial charge in [0, 0.05) is 15.7 Å². The molecule has 0 fully saturated rings. The van der Waals surface area contributed by atoms with Crippen molar-refractivity contribution in [2.45, 2.75) is 5.16 Å². The number of halogens is 3. The molecule has 0 radical (unpaired) electrons. The first kappa shape index (κ1) is 12.3. The van der Waals surface area contributed by atoms with Gasteiger partial charge in [-0.3, -0.25) is 0 Å². The van der Waals surface area contributed by atoms with E-state index in [0.29, 0.717) is 0 Å². The zero-order chi connectivity index (χ0) is 12.6. The number of rotatable bonds is 2. The molecule has 90 valence electrons. The van der Waals surface area contributed by atoms with Crippen molar-refractivity contribution >= 4 is 31.3 Å². The smallest absolute Gasteiger partial charge is 0.248 e. The van der Waals surface area contributed by atoms with Crippen LogP contribution in [-0.4, -0.2) is 23.6 Å². The lowest BCUT2D eigenvalue weighted by Crippen LogP contribution is -1.93. The minimum absolute atomic E-state index is 0.0252. The summed E-state index contributed by atoms with van der Waals surface area (Å²) in [5, 5.41) is 5.34. The highest BCUT2D eigenvalue weighted by Crippen LogP contribution is 2.23. The van der Waals surface area contributed by atoms with Gasteiger partial charge in [0.15, 0.2) is 5.82 Å². The van der Waals surface area contributed by atoms with E-state index in [-0.39, 0.29) is 16.4 Å².